The van der Waals surface area contributed by atoms with Gasteiger partial charge in [-0.25, -0.2) is 0 Å². The third-order valence-electron chi connectivity index (χ3n) is 4.43. The summed E-state index contributed by atoms with van der Waals surface area (Å²) in [4.78, 5) is 24.8. The van der Waals surface area contributed by atoms with Gasteiger partial charge in [-0.2, -0.15) is 0 Å². The van der Waals surface area contributed by atoms with Crippen LogP contribution in [0.25, 0.3) is 0 Å². The summed E-state index contributed by atoms with van der Waals surface area (Å²) >= 11 is 3.43. The van der Waals surface area contributed by atoms with E-state index in [4.69, 9.17) is 0 Å². The molecule has 4 nitrogen and oxygen atoms in total. The van der Waals surface area contributed by atoms with Crippen molar-refractivity contribution in [1.29, 1.82) is 0 Å². The number of nitrogens with zero attached hydrogens (tertiary/aromatic N) is 1. The lowest BCUT2D eigenvalue weighted by molar-refractivity contribution is -0.131. The molecule has 2 amide bonds. The fourth-order valence-electron chi connectivity index (χ4n) is 3.21. The van der Waals surface area contributed by atoms with E-state index in [1.54, 1.807) is 12.1 Å². The zero-order chi connectivity index (χ0) is 17.1. The molecule has 1 saturated heterocycles. The molecule has 0 unspecified atom stereocenters. The summed E-state index contributed by atoms with van der Waals surface area (Å²) in [6.45, 7) is 2.04. The normalized spacial score (nSPS) is 20.2. The van der Waals surface area contributed by atoms with Crippen LogP contribution in [0.2, 0.25) is 0 Å². The second kappa shape index (κ2) is 7.18. The number of nitrogens with one attached hydrogen (secondary N) is 1. The van der Waals surface area contributed by atoms with Gasteiger partial charge in [0.2, 0.25) is 5.91 Å². The van der Waals surface area contributed by atoms with E-state index in [0.717, 1.165) is 16.5 Å². The molecule has 1 aliphatic rings. The number of halogens is 1. The molecule has 0 bridgehead atoms. The highest BCUT2D eigenvalue weighted by Crippen LogP contribution is 2.35. The predicted molar refractivity (Wildman–Crippen MR) is 96.3 cm³/mol. The van der Waals surface area contributed by atoms with Gasteiger partial charge >= 0.3 is 0 Å². The molecule has 124 valence electrons. The molecule has 2 atom stereocenters. The highest BCUT2D eigenvalue weighted by molar-refractivity contribution is 9.10. The van der Waals surface area contributed by atoms with Crippen LogP contribution < -0.4 is 5.43 Å². The smallest absolute Gasteiger partial charge is 0.269 e. The standard InChI is InChI=1S/C19H19BrN2O2/c1-2-17-16(13-8-10-15(20)11-9-13)12-18(23)22(17)21-19(24)14-6-4-3-5-7-14/h3-11,16-17H,2,12H2,1H3,(H,21,24)/t16-,17-/m0/s1. The number of carbonyl (C=O) groups excluding carboxylic acids is 2. The summed E-state index contributed by atoms with van der Waals surface area (Å²) in [5.41, 5.74) is 4.46. The zero-order valence-electron chi connectivity index (χ0n) is 13.4. The van der Waals surface area contributed by atoms with Crippen LogP contribution in [0.5, 0.6) is 0 Å². The molecule has 0 aliphatic carbocycles. The number of hydrogen-bond donors (Lipinski definition) is 1. The van der Waals surface area contributed by atoms with Gasteiger partial charge in [-0.15, -0.1) is 0 Å². The van der Waals surface area contributed by atoms with E-state index >= 15 is 0 Å². The largest absolute Gasteiger partial charge is 0.273 e. The van der Waals surface area contributed by atoms with Gasteiger partial charge < -0.3 is 0 Å². The monoisotopic (exact) mass is 386 g/mol. The van der Waals surface area contributed by atoms with Crippen molar-refractivity contribution in [3.8, 4) is 0 Å². The molecule has 0 spiro atoms. The van der Waals surface area contributed by atoms with E-state index < -0.39 is 0 Å². The van der Waals surface area contributed by atoms with Gasteiger partial charge in [0, 0.05) is 22.4 Å². The highest BCUT2D eigenvalue weighted by atomic mass is 79.9. The Kier molecular flexibility index (Phi) is 5.00. The van der Waals surface area contributed by atoms with Crippen molar-refractivity contribution in [2.45, 2.75) is 31.7 Å². The van der Waals surface area contributed by atoms with E-state index in [-0.39, 0.29) is 23.8 Å². The minimum Gasteiger partial charge on any atom is -0.273 e. The average molecular weight is 387 g/mol. The summed E-state index contributed by atoms with van der Waals surface area (Å²) in [5.74, 6) is -0.204. The minimum atomic E-state index is -0.251. The number of carbonyl (C=O) groups is 2. The number of hydrogen-bond acceptors (Lipinski definition) is 2. The molecular formula is C19H19BrN2O2. The molecule has 0 radical (unpaired) electrons. The molecule has 2 aromatic carbocycles. The number of hydrazine groups is 1. The van der Waals surface area contributed by atoms with E-state index in [1.165, 1.54) is 5.01 Å². The molecule has 24 heavy (non-hydrogen) atoms. The quantitative estimate of drug-likeness (QED) is 0.866. The predicted octanol–water partition coefficient (Wildman–Crippen LogP) is 3.89. The van der Waals surface area contributed by atoms with E-state index in [2.05, 4.69) is 21.4 Å². The summed E-state index contributed by atoms with van der Waals surface area (Å²) in [6.07, 6.45) is 1.19. The Hall–Kier alpha value is -2.14. The first kappa shape index (κ1) is 16.7. The van der Waals surface area contributed by atoms with Gasteiger partial charge in [-0.3, -0.25) is 20.0 Å². The maximum absolute atomic E-state index is 12.5. The molecule has 0 aromatic heterocycles. The van der Waals surface area contributed by atoms with Crippen molar-refractivity contribution in [2.75, 3.05) is 0 Å². The Morgan fingerprint density at radius 3 is 2.46 bits per heavy atom. The average Bonchev–Trinajstić information content (AvgIpc) is 2.92. The number of amides is 2. The lowest BCUT2D eigenvalue weighted by Crippen LogP contribution is -2.48. The second-order valence-electron chi connectivity index (χ2n) is 5.91. The van der Waals surface area contributed by atoms with Gasteiger partial charge in [-0.1, -0.05) is 53.2 Å². The molecule has 1 fully saturated rings. The van der Waals surface area contributed by atoms with Crippen LogP contribution in [0.1, 0.15) is 41.6 Å². The van der Waals surface area contributed by atoms with Crippen molar-refractivity contribution in [3.05, 3.63) is 70.2 Å². The van der Waals surface area contributed by atoms with Crippen molar-refractivity contribution >= 4 is 27.7 Å². The number of benzene rings is 2. The van der Waals surface area contributed by atoms with Gasteiger partial charge in [0.25, 0.3) is 5.91 Å². The molecule has 0 saturated carbocycles. The van der Waals surface area contributed by atoms with Crippen LogP contribution in [0.15, 0.2) is 59.1 Å². The number of rotatable bonds is 4. The first-order chi connectivity index (χ1) is 11.6. The Morgan fingerprint density at radius 2 is 1.83 bits per heavy atom. The summed E-state index contributed by atoms with van der Waals surface area (Å²) in [7, 11) is 0. The van der Waals surface area contributed by atoms with E-state index in [9.17, 15) is 9.59 Å². The molecule has 3 rings (SSSR count). The van der Waals surface area contributed by atoms with Crippen LogP contribution in [-0.2, 0) is 4.79 Å². The third-order valence-corrected chi connectivity index (χ3v) is 4.96. The fraction of sp³-hybridized carbons (Fsp3) is 0.263. The van der Waals surface area contributed by atoms with Crippen LogP contribution in [0.3, 0.4) is 0 Å². The van der Waals surface area contributed by atoms with Crippen LogP contribution in [0.4, 0.5) is 0 Å². The highest BCUT2D eigenvalue weighted by Gasteiger charge is 2.40. The molecule has 1 heterocycles. The minimum absolute atomic E-state index is 0.0358. The lowest BCUT2D eigenvalue weighted by atomic mass is 9.90. The Balaban J connectivity index is 1.79. The second-order valence-corrected chi connectivity index (χ2v) is 6.82. The first-order valence-electron chi connectivity index (χ1n) is 8.03. The molecular weight excluding hydrogens is 368 g/mol. The Labute approximate surface area is 150 Å². The van der Waals surface area contributed by atoms with Gasteiger partial charge in [0.1, 0.15) is 0 Å². The Morgan fingerprint density at radius 1 is 1.17 bits per heavy atom. The van der Waals surface area contributed by atoms with E-state index in [1.807, 2.05) is 49.4 Å². The SMILES string of the molecule is CC[C@H]1[C@H](c2ccc(Br)cc2)CC(=O)N1NC(=O)c1ccccc1. The summed E-state index contributed by atoms with van der Waals surface area (Å²) in [6, 6.07) is 17.0. The maximum atomic E-state index is 12.5. The van der Waals surface area contributed by atoms with Crippen LogP contribution in [0, 0.1) is 0 Å². The molecule has 1 aliphatic heterocycles. The summed E-state index contributed by atoms with van der Waals surface area (Å²) in [5, 5.41) is 1.52. The molecule has 2 aromatic rings. The van der Waals surface area contributed by atoms with Gasteiger partial charge in [0.15, 0.2) is 0 Å². The Bertz CT molecular complexity index is 731. The van der Waals surface area contributed by atoms with Crippen molar-refractivity contribution < 1.29 is 9.59 Å². The fourth-order valence-corrected chi connectivity index (χ4v) is 3.48. The van der Waals surface area contributed by atoms with Crippen LogP contribution >= 0.6 is 15.9 Å². The van der Waals surface area contributed by atoms with Gasteiger partial charge in [0.05, 0.1) is 6.04 Å². The molecule has 5 heteroatoms. The van der Waals surface area contributed by atoms with E-state index in [0.29, 0.717) is 12.0 Å². The summed E-state index contributed by atoms with van der Waals surface area (Å²) < 4.78 is 1.01. The first-order valence-corrected chi connectivity index (χ1v) is 8.83. The molecule has 1 N–H and O–H groups in total. The van der Waals surface area contributed by atoms with Crippen molar-refractivity contribution in [1.82, 2.24) is 10.4 Å². The van der Waals surface area contributed by atoms with Gasteiger partial charge in [-0.05, 0) is 36.2 Å². The third kappa shape index (κ3) is 3.36. The lowest BCUT2D eigenvalue weighted by Gasteiger charge is -2.27. The maximum Gasteiger partial charge on any atom is 0.269 e. The topological polar surface area (TPSA) is 49.4 Å². The van der Waals surface area contributed by atoms with Crippen molar-refractivity contribution in [2.24, 2.45) is 0 Å². The van der Waals surface area contributed by atoms with Crippen molar-refractivity contribution in [3.63, 3.8) is 0 Å². The van der Waals surface area contributed by atoms with Crippen LogP contribution in [-0.4, -0.2) is 22.9 Å². The zero-order valence-corrected chi connectivity index (χ0v) is 15.0.